The van der Waals surface area contributed by atoms with Gasteiger partial charge in [-0.2, -0.15) is 0 Å². The minimum atomic E-state index is 0.704. The van der Waals surface area contributed by atoms with Gasteiger partial charge < -0.3 is 0 Å². The van der Waals surface area contributed by atoms with Crippen LogP contribution in [-0.2, 0) is 4.79 Å². The molecule has 56 valence electrons. The molecule has 0 heterocycles. The highest BCUT2D eigenvalue weighted by atomic mass is 16.1. The summed E-state index contributed by atoms with van der Waals surface area (Å²) in [5.74, 6) is 0. The van der Waals surface area contributed by atoms with Crippen LogP contribution in [0.15, 0.2) is 12.1 Å². The van der Waals surface area contributed by atoms with Crippen LogP contribution in [0.1, 0.15) is 22.3 Å². The van der Waals surface area contributed by atoms with E-state index in [1.807, 2.05) is 39.2 Å². The fraction of sp³-hybridized carbons (Fsp3) is 0.300. The van der Waals surface area contributed by atoms with Gasteiger partial charge in [-0.1, -0.05) is 0 Å². The summed E-state index contributed by atoms with van der Waals surface area (Å²) >= 11 is 0. The molecule has 0 N–H and O–H groups in total. The third kappa shape index (κ3) is 1.44. The number of hydrogen-bond acceptors (Lipinski definition) is 1. The smallest absolute Gasteiger partial charge is 0.141 e. The molecule has 0 saturated carbocycles. The zero-order chi connectivity index (χ0) is 8.43. The van der Waals surface area contributed by atoms with Crippen LogP contribution in [0.3, 0.4) is 0 Å². The Morgan fingerprint density at radius 3 is 1.91 bits per heavy atom. The molecule has 0 bridgehead atoms. The minimum absolute atomic E-state index is 0.704. The Bertz CT molecular complexity index is 264. The Balaban J connectivity index is 3.36. The summed E-state index contributed by atoms with van der Waals surface area (Å²) in [6, 6.07) is 3.99. The van der Waals surface area contributed by atoms with Crippen LogP contribution in [0.4, 0.5) is 0 Å². The lowest BCUT2D eigenvalue weighted by Gasteiger charge is -1.93. The Labute approximate surface area is 67.1 Å². The average molecular weight is 147 g/mol. The van der Waals surface area contributed by atoms with Crippen molar-refractivity contribution in [3.05, 3.63) is 34.4 Å². The highest BCUT2D eigenvalue weighted by molar-refractivity contribution is 5.80. The molecular formula is C10H11O+. The first-order valence-electron chi connectivity index (χ1n) is 3.61. The number of rotatable bonds is 1. The summed E-state index contributed by atoms with van der Waals surface area (Å²) in [5, 5.41) is 0. The van der Waals surface area contributed by atoms with Crippen molar-refractivity contribution in [1.29, 1.82) is 0 Å². The third-order valence-electron chi connectivity index (χ3n) is 1.78. The van der Waals surface area contributed by atoms with E-state index < -0.39 is 0 Å². The number of hydrogen-bond donors (Lipinski definition) is 0. The van der Waals surface area contributed by atoms with Gasteiger partial charge in [0.2, 0.25) is 5.56 Å². The first kappa shape index (κ1) is 7.90. The fourth-order valence-corrected chi connectivity index (χ4v) is 1.34. The van der Waals surface area contributed by atoms with Gasteiger partial charge in [-0.3, -0.25) is 0 Å². The molecule has 0 spiro atoms. The van der Waals surface area contributed by atoms with Gasteiger partial charge in [-0.05, 0) is 12.5 Å². The van der Waals surface area contributed by atoms with Crippen molar-refractivity contribution in [2.75, 3.05) is 0 Å². The second-order valence-corrected chi connectivity index (χ2v) is 2.88. The molecule has 11 heavy (non-hydrogen) atoms. The number of benzene rings is 1. The lowest BCUT2D eigenvalue weighted by Crippen LogP contribution is -1.92. The predicted molar refractivity (Wildman–Crippen MR) is 45.4 cm³/mol. The molecule has 0 aromatic heterocycles. The summed E-state index contributed by atoms with van der Waals surface area (Å²) in [6.07, 6.45) is 1.94. The minimum Gasteiger partial charge on any atom is -0.141 e. The van der Waals surface area contributed by atoms with Gasteiger partial charge in [-0.15, -0.1) is 4.79 Å². The lowest BCUT2D eigenvalue weighted by atomic mass is 10.0. The summed E-state index contributed by atoms with van der Waals surface area (Å²) in [7, 11) is 0. The molecule has 0 radical (unpaired) electrons. The SMILES string of the molecule is Cc1cc(C)c([C+]=O)c(C)c1. The third-order valence-corrected chi connectivity index (χ3v) is 1.78. The van der Waals surface area contributed by atoms with Crippen molar-refractivity contribution >= 4 is 6.29 Å². The topological polar surface area (TPSA) is 17.1 Å². The molecule has 0 saturated heterocycles. The average Bonchev–Trinajstić information content (AvgIpc) is 1.85. The molecular weight excluding hydrogens is 136 g/mol. The van der Waals surface area contributed by atoms with E-state index in [2.05, 4.69) is 0 Å². The summed E-state index contributed by atoms with van der Waals surface area (Å²) in [5.41, 5.74) is 3.92. The molecule has 0 fully saturated rings. The van der Waals surface area contributed by atoms with Crippen molar-refractivity contribution in [3.63, 3.8) is 0 Å². The second kappa shape index (κ2) is 2.81. The van der Waals surface area contributed by atoms with Gasteiger partial charge in [0.25, 0.3) is 0 Å². The molecule has 1 rings (SSSR count). The highest BCUT2D eigenvalue weighted by Crippen LogP contribution is 2.13. The van der Waals surface area contributed by atoms with E-state index in [4.69, 9.17) is 0 Å². The Hall–Kier alpha value is -1.20. The number of carbonyl (C=O) groups excluding carboxylic acids is 1. The van der Waals surface area contributed by atoms with E-state index >= 15 is 0 Å². The van der Waals surface area contributed by atoms with E-state index in [9.17, 15) is 4.79 Å². The van der Waals surface area contributed by atoms with Crippen molar-refractivity contribution in [1.82, 2.24) is 0 Å². The predicted octanol–water partition coefficient (Wildman–Crippen LogP) is 2.07. The zero-order valence-corrected chi connectivity index (χ0v) is 7.06. The van der Waals surface area contributed by atoms with Crippen LogP contribution in [0.5, 0.6) is 0 Å². The Morgan fingerprint density at radius 1 is 1.09 bits per heavy atom. The standard InChI is InChI=1S/C10H11O/c1-7-4-8(2)10(6-11)9(3)5-7/h4-5H,1-3H3/q+1. The summed E-state index contributed by atoms with van der Waals surface area (Å²) < 4.78 is 0. The van der Waals surface area contributed by atoms with Crippen molar-refractivity contribution in [2.24, 2.45) is 0 Å². The van der Waals surface area contributed by atoms with E-state index in [-0.39, 0.29) is 0 Å². The maximum atomic E-state index is 10.4. The summed E-state index contributed by atoms with van der Waals surface area (Å²) in [4.78, 5) is 10.4. The lowest BCUT2D eigenvalue weighted by molar-refractivity contribution is 0.562. The zero-order valence-electron chi connectivity index (χ0n) is 7.06. The Morgan fingerprint density at radius 2 is 1.55 bits per heavy atom. The van der Waals surface area contributed by atoms with E-state index in [1.165, 1.54) is 5.56 Å². The van der Waals surface area contributed by atoms with Crippen LogP contribution < -0.4 is 0 Å². The molecule has 0 unspecified atom stereocenters. The van der Waals surface area contributed by atoms with Gasteiger partial charge >= 0.3 is 6.29 Å². The van der Waals surface area contributed by atoms with E-state index in [0.29, 0.717) is 5.56 Å². The Kier molecular flexibility index (Phi) is 2.02. The van der Waals surface area contributed by atoms with Gasteiger partial charge in [0.05, 0.1) is 11.1 Å². The van der Waals surface area contributed by atoms with Crippen LogP contribution in [-0.4, -0.2) is 6.29 Å². The van der Waals surface area contributed by atoms with Gasteiger partial charge in [0.15, 0.2) is 0 Å². The van der Waals surface area contributed by atoms with E-state index in [0.717, 1.165) is 11.1 Å². The molecule has 0 atom stereocenters. The van der Waals surface area contributed by atoms with Crippen LogP contribution in [0, 0.1) is 20.8 Å². The molecule has 1 nitrogen and oxygen atoms in total. The first-order chi connectivity index (χ1) is 5.15. The maximum Gasteiger partial charge on any atom is 0.303 e. The molecule has 1 aromatic carbocycles. The quantitative estimate of drug-likeness (QED) is 0.556. The van der Waals surface area contributed by atoms with Crippen molar-refractivity contribution in [3.8, 4) is 0 Å². The molecule has 0 aliphatic heterocycles. The highest BCUT2D eigenvalue weighted by Gasteiger charge is 2.12. The van der Waals surface area contributed by atoms with Crippen LogP contribution in [0.2, 0.25) is 0 Å². The maximum absolute atomic E-state index is 10.4. The molecule has 0 aliphatic carbocycles. The monoisotopic (exact) mass is 147 g/mol. The molecule has 0 amide bonds. The van der Waals surface area contributed by atoms with Crippen molar-refractivity contribution in [2.45, 2.75) is 20.8 Å². The molecule has 0 aliphatic rings. The largest absolute Gasteiger partial charge is 0.303 e. The number of aryl methyl sites for hydroxylation is 3. The van der Waals surface area contributed by atoms with Gasteiger partial charge in [0, 0.05) is 26.0 Å². The first-order valence-corrected chi connectivity index (χ1v) is 3.61. The molecule has 1 aromatic rings. The van der Waals surface area contributed by atoms with Crippen molar-refractivity contribution < 1.29 is 4.79 Å². The second-order valence-electron chi connectivity index (χ2n) is 2.88. The van der Waals surface area contributed by atoms with Gasteiger partial charge in [-0.25, -0.2) is 0 Å². The molecule has 1 heteroatoms. The van der Waals surface area contributed by atoms with E-state index in [1.54, 1.807) is 0 Å². The van der Waals surface area contributed by atoms with Crippen LogP contribution >= 0.6 is 0 Å². The normalized spacial score (nSPS) is 9.36. The summed E-state index contributed by atoms with van der Waals surface area (Å²) in [6.45, 7) is 5.88. The fourth-order valence-electron chi connectivity index (χ4n) is 1.34. The van der Waals surface area contributed by atoms with Gasteiger partial charge in [0.1, 0.15) is 0 Å². The van der Waals surface area contributed by atoms with Crippen LogP contribution in [0.25, 0.3) is 0 Å².